The van der Waals surface area contributed by atoms with E-state index in [-0.39, 0.29) is 0 Å². The Morgan fingerprint density at radius 3 is 2.94 bits per heavy atom. The second-order valence-corrected chi connectivity index (χ2v) is 4.23. The average molecular weight is 229 g/mol. The quantitative estimate of drug-likeness (QED) is 0.793. The molecule has 0 radical (unpaired) electrons. The van der Waals surface area contributed by atoms with E-state index in [0.29, 0.717) is 0 Å². The molecule has 17 heavy (non-hydrogen) atoms. The summed E-state index contributed by atoms with van der Waals surface area (Å²) in [7, 11) is 1.68. The molecule has 4 nitrogen and oxygen atoms in total. The molecule has 0 fully saturated rings. The summed E-state index contributed by atoms with van der Waals surface area (Å²) in [5.74, 6) is 2.70. The van der Waals surface area contributed by atoms with Gasteiger partial charge in [-0.25, -0.2) is 9.67 Å². The number of hydrogen-bond donors (Lipinski definition) is 0. The molecule has 3 rings (SSSR count). The highest BCUT2D eigenvalue weighted by molar-refractivity contribution is 5.63. The van der Waals surface area contributed by atoms with Crippen LogP contribution in [0.2, 0.25) is 0 Å². The summed E-state index contributed by atoms with van der Waals surface area (Å²) in [4.78, 5) is 4.60. The number of fused-ring (bicyclic) bond motifs is 1. The maximum Gasteiger partial charge on any atom is 0.185 e. The summed E-state index contributed by atoms with van der Waals surface area (Å²) in [5, 5.41) is 4.56. The summed E-state index contributed by atoms with van der Waals surface area (Å²) in [6, 6.07) is 7.88. The van der Waals surface area contributed by atoms with Crippen molar-refractivity contribution < 1.29 is 4.74 Å². The lowest BCUT2D eigenvalue weighted by Gasteiger charge is -2.09. The second kappa shape index (κ2) is 4.20. The highest BCUT2D eigenvalue weighted by Crippen LogP contribution is 2.28. The molecular weight excluding hydrogens is 214 g/mol. The SMILES string of the molecule is COc1ccccc1-c1nc2n(n1)CCCC2. The van der Waals surface area contributed by atoms with Crippen molar-refractivity contribution in [3.8, 4) is 17.1 Å². The summed E-state index contributed by atoms with van der Waals surface area (Å²) >= 11 is 0. The minimum Gasteiger partial charge on any atom is -0.496 e. The fourth-order valence-corrected chi connectivity index (χ4v) is 2.23. The van der Waals surface area contributed by atoms with Crippen LogP contribution in [0.4, 0.5) is 0 Å². The van der Waals surface area contributed by atoms with Gasteiger partial charge in [0, 0.05) is 13.0 Å². The van der Waals surface area contributed by atoms with Crippen molar-refractivity contribution in [2.24, 2.45) is 0 Å². The van der Waals surface area contributed by atoms with Crippen molar-refractivity contribution >= 4 is 0 Å². The van der Waals surface area contributed by atoms with E-state index in [0.717, 1.165) is 35.9 Å². The Bertz CT molecular complexity index is 510. The zero-order chi connectivity index (χ0) is 11.7. The highest BCUT2D eigenvalue weighted by atomic mass is 16.5. The van der Waals surface area contributed by atoms with Gasteiger partial charge in [-0.3, -0.25) is 0 Å². The van der Waals surface area contributed by atoms with Gasteiger partial charge in [-0.1, -0.05) is 12.1 Å². The Hall–Kier alpha value is -1.84. The molecule has 0 saturated carbocycles. The van der Waals surface area contributed by atoms with Crippen molar-refractivity contribution in [3.63, 3.8) is 0 Å². The molecule has 1 aromatic heterocycles. The fourth-order valence-electron chi connectivity index (χ4n) is 2.23. The third-order valence-corrected chi connectivity index (χ3v) is 3.12. The molecule has 1 aromatic carbocycles. The largest absolute Gasteiger partial charge is 0.496 e. The Morgan fingerprint density at radius 2 is 2.12 bits per heavy atom. The first-order chi connectivity index (χ1) is 8.38. The third-order valence-electron chi connectivity index (χ3n) is 3.12. The van der Waals surface area contributed by atoms with Crippen molar-refractivity contribution in [2.45, 2.75) is 25.8 Å². The molecule has 0 atom stereocenters. The highest BCUT2D eigenvalue weighted by Gasteiger charge is 2.16. The fraction of sp³-hybridized carbons (Fsp3) is 0.385. The Labute approximate surface area is 100 Å². The maximum atomic E-state index is 5.34. The topological polar surface area (TPSA) is 39.9 Å². The molecule has 0 bridgehead atoms. The van der Waals surface area contributed by atoms with Crippen LogP contribution >= 0.6 is 0 Å². The van der Waals surface area contributed by atoms with Gasteiger partial charge in [0.1, 0.15) is 11.6 Å². The predicted octanol–water partition coefficient (Wildman–Crippen LogP) is 2.29. The number of benzene rings is 1. The van der Waals surface area contributed by atoms with E-state index in [2.05, 4.69) is 10.1 Å². The summed E-state index contributed by atoms with van der Waals surface area (Å²) < 4.78 is 7.36. The van der Waals surface area contributed by atoms with E-state index >= 15 is 0 Å². The zero-order valence-corrected chi connectivity index (χ0v) is 9.89. The smallest absolute Gasteiger partial charge is 0.185 e. The number of methoxy groups -OCH3 is 1. The van der Waals surface area contributed by atoms with Crippen LogP contribution in [-0.2, 0) is 13.0 Å². The molecule has 4 heteroatoms. The normalized spacial score (nSPS) is 14.4. The zero-order valence-electron chi connectivity index (χ0n) is 9.89. The standard InChI is InChI=1S/C13H15N3O/c1-17-11-7-3-2-6-10(11)13-14-12-8-4-5-9-16(12)15-13/h2-3,6-7H,4-5,8-9H2,1H3. The van der Waals surface area contributed by atoms with Gasteiger partial charge < -0.3 is 4.74 Å². The molecule has 0 amide bonds. The maximum absolute atomic E-state index is 5.34. The minimum absolute atomic E-state index is 0.777. The van der Waals surface area contributed by atoms with Crippen LogP contribution in [0, 0.1) is 0 Å². The molecule has 0 unspecified atom stereocenters. The molecule has 1 aliphatic rings. The van der Waals surface area contributed by atoms with Crippen LogP contribution in [0.25, 0.3) is 11.4 Å². The number of ether oxygens (including phenoxy) is 1. The first-order valence-electron chi connectivity index (χ1n) is 5.95. The lowest BCUT2D eigenvalue weighted by Crippen LogP contribution is -2.11. The Kier molecular flexibility index (Phi) is 2.55. The Morgan fingerprint density at radius 1 is 1.24 bits per heavy atom. The number of aryl methyl sites for hydroxylation is 2. The van der Waals surface area contributed by atoms with Gasteiger partial charge in [-0.05, 0) is 25.0 Å². The monoisotopic (exact) mass is 229 g/mol. The van der Waals surface area contributed by atoms with Gasteiger partial charge in [0.05, 0.1) is 12.7 Å². The number of aromatic nitrogens is 3. The van der Waals surface area contributed by atoms with Crippen molar-refractivity contribution in [2.75, 3.05) is 7.11 Å². The van der Waals surface area contributed by atoms with Crippen LogP contribution in [0.5, 0.6) is 5.75 Å². The van der Waals surface area contributed by atoms with E-state index < -0.39 is 0 Å². The molecule has 1 aliphatic heterocycles. The van der Waals surface area contributed by atoms with E-state index in [9.17, 15) is 0 Å². The van der Waals surface area contributed by atoms with Crippen LogP contribution in [0.1, 0.15) is 18.7 Å². The van der Waals surface area contributed by atoms with Gasteiger partial charge in [0.25, 0.3) is 0 Å². The van der Waals surface area contributed by atoms with Crippen molar-refractivity contribution in [1.82, 2.24) is 14.8 Å². The number of para-hydroxylation sites is 1. The van der Waals surface area contributed by atoms with Crippen molar-refractivity contribution in [1.29, 1.82) is 0 Å². The first-order valence-corrected chi connectivity index (χ1v) is 5.95. The van der Waals surface area contributed by atoms with E-state index in [1.54, 1.807) is 7.11 Å². The van der Waals surface area contributed by atoms with E-state index in [1.165, 1.54) is 12.8 Å². The third kappa shape index (κ3) is 1.79. The second-order valence-electron chi connectivity index (χ2n) is 4.23. The molecule has 0 aliphatic carbocycles. The molecule has 88 valence electrons. The van der Waals surface area contributed by atoms with Crippen molar-refractivity contribution in [3.05, 3.63) is 30.1 Å². The number of nitrogens with zero attached hydrogens (tertiary/aromatic N) is 3. The molecule has 0 saturated heterocycles. The Balaban J connectivity index is 2.06. The number of rotatable bonds is 2. The predicted molar refractivity (Wildman–Crippen MR) is 64.9 cm³/mol. The van der Waals surface area contributed by atoms with Crippen LogP contribution in [-0.4, -0.2) is 21.9 Å². The molecule has 0 N–H and O–H groups in total. The van der Waals surface area contributed by atoms with Gasteiger partial charge >= 0.3 is 0 Å². The van der Waals surface area contributed by atoms with E-state index in [1.807, 2.05) is 28.9 Å². The van der Waals surface area contributed by atoms with Gasteiger partial charge in [-0.2, -0.15) is 5.10 Å². The van der Waals surface area contributed by atoms with Gasteiger partial charge in [-0.15, -0.1) is 0 Å². The summed E-state index contributed by atoms with van der Waals surface area (Å²) in [6.45, 7) is 0.984. The molecule has 2 aromatic rings. The van der Waals surface area contributed by atoms with Crippen LogP contribution in [0.3, 0.4) is 0 Å². The van der Waals surface area contributed by atoms with Crippen LogP contribution < -0.4 is 4.74 Å². The molecule has 0 spiro atoms. The minimum atomic E-state index is 0.777. The summed E-state index contributed by atoms with van der Waals surface area (Å²) in [6.07, 6.45) is 3.44. The van der Waals surface area contributed by atoms with Gasteiger partial charge in [0.2, 0.25) is 0 Å². The average Bonchev–Trinajstić information content (AvgIpc) is 2.82. The lowest BCUT2D eigenvalue weighted by atomic mass is 10.2. The van der Waals surface area contributed by atoms with Crippen LogP contribution in [0.15, 0.2) is 24.3 Å². The lowest BCUT2D eigenvalue weighted by molar-refractivity contribution is 0.416. The number of hydrogen-bond acceptors (Lipinski definition) is 3. The first kappa shape index (κ1) is 10.3. The summed E-state index contributed by atoms with van der Waals surface area (Å²) in [5.41, 5.74) is 0.969. The van der Waals surface area contributed by atoms with E-state index in [4.69, 9.17) is 4.74 Å². The molecular formula is C13H15N3O. The van der Waals surface area contributed by atoms with Gasteiger partial charge in [0.15, 0.2) is 5.82 Å². The molecule has 2 heterocycles.